The third kappa shape index (κ3) is 4.41. The number of aliphatic hydroxyl groups is 1. The highest BCUT2D eigenvalue weighted by molar-refractivity contribution is 4.68. The molecule has 0 aromatic rings. The number of aliphatic hydroxyl groups excluding tert-OH is 1. The largest absolute Gasteiger partial charge is 0.393 e. The molecule has 0 fully saturated rings. The highest BCUT2D eigenvalue weighted by Gasteiger charge is 2.14. The molecule has 0 saturated carbocycles. The summed E-state index contributed by atoms with van der Waals surface area (Å²) >= 11 is 0. The SMILES string of the molecule is [CH2]CC(O)C(CCC)CCC. The summed E-state index contributed by atoms with van der Waals surface area (Å²) < 4.78 is 0. The molecule has 0 aliphatic rings. The molecule has 0 saturated heterocycles. The maximum Gasteiger partial charge on any atom is 0.0568 e. The van der Waals surface area contributed by atoms with Crippen LogP contribution in [0.5, 0.6) is 0 Å². The van der Waals surface area contributed by atoms with Gasteiger partial charge in [0, 0.05) is 0 Å². The van der Waals surface area contributed by atoms with Crippen molar-refractivity contribution in [1.29, 1.82) is 0 Å². The maximum absolute atomic E-state index is 9.52. The highest BCUT2D eigenvalue weighted by atomic mass is 16.3. The van der Waals surface area contributed by atoms with E-state index in [0.29, 0.717) is 12.3 Å². The molecule has 1 nitrogen and oxygen atoms in total. The van der Waals surface area contributed by atoms with Crippen molar-refractivity contribution in [2.24, 2.45) is 5.92 Å². The van der Waals surface area contributed by atoms with Gasteiger partial charge in [-0.25, -0.2) is 0 Å². The molecule has 0 aromatic heterocycles. The first-order valence-corrected chi connectivity index (χ1v) is 4.73. The van der Waals surface area contributed by atoms with Crippen molar-refractivity contribution in [1.82, 2.24) is 0 Å². The van der Waals surface area contributed by atoms with Crippen LogP contribution >= 0.6 is 0 Å². The zero-order chi connectivity index (χ0) is 8.69. The van der Waals surface area contributed by atoms with E-state index in [-0.39, 0.29) is 6.10 Å². The van der Waals surface area contributed by atoms with E-state index in [1.54, 1.807) is 0 Å². The zero-order valence-corrected chi connectivity index (χ0v) is 7.84. The topological polar surface area (TPSA) is 20.2 Å². The molecule has 11 heavy (non-hydrogen) atoms. The van der Waals surface area contributed by atoms with Gasteiger partial charge < -0.3 is 5.11 Å². The van der Waals surface area contributed by atoms with Gasteiger partial charge in [0.05, 0.1) is 6.10 Å². The van der Waals surface area contributed by atoms with Gasteiger partial charge in [-0.2, -0.15) is 0 Å². The van der Waals surface area contributed by atoms with Crippen LogP contribution in [0.2, 0.25) is 0 Å². The second kappa shape index (κ2) is 6.66. The lowest BCUT2D eigenvalue weighted by Gasteiger charge is -2.20. The summed E-state index contributed by atoms with van der Waals surface area (Å²) in [4.78, 5) is 0. The minimum atomic E-state index is -0.171. The summed E-state index contributed by atoms with van der Waals surface area (Å²) in [6, 6.07) is 0. The zero-order valence-electron chi connectivity index (χ0n) is 7.84. The molecule has 0 aliphatic heterocycles. The highest BCUT2D eigenvalue weighted by Crippen LogP contribution is 2.19. The minimum Gasteiger partial charge on any atom is -0.393 e. The van der Waals surface area contributed by atoms with E-state index in [1.807, 2.05) is 0 Å². The van der Waals surface area contributed by atoms with Gasteiger partial charge in [-0.05, 0) is 25.2 Å². The Bertz CT molecular complexity index is 74.9. The monoisotopic (exact) mass is 157 g/mol. The van der Waals surface area contributed by atoms with Crippen molar-refractivity contribution < 1.29 is 5.11 Å². The fraction of sp³-hybridized carbons (Fsp3) is 0.900. The summed E-state index contributed by atoms with van der Waals surface area (Å²) in [6.45, 7) is 8.05. The molecule has 0 rings (SSSR count). The maximum atomic E-state index is 9.52. The van der Waals surface area contributed by atoms with Crippen LogP contribution in [0, 0.1) is 12.8 Å². The van der Waals surface area contributed by atoms with E-state index in [1.165, 1.54) is 12.8 Å². The Labute approximate surface area is 70.8 Å². The van der Waals surface area contributed by atoms with Crippen molar-refractivity contribution in [3.8, 4) is 0 Å². The van der Waals surface area contributed by atoms with Crippen LogP contribution in [-0.2, 0) is 0 Å². The van der Waals surface area contributed by atoms with E-state index in [4.69, 9.17) is 0 Å². The lowest BCUT2D eigenvalue weighted by atomic mass is 9.91. The quantitative estimate of drug-likeness (QED) is 0.628. The molecule has 67 valence electrons. The van der Waals surface area contributed by atoms with E-state index >= 15 is 0 Å². The Kier molecular flexibility index (Phi) is 6.63. The lowest BCUT2D eigenvalue weighted by molar-refractivity contribution is 0.0982. The molecular formula is C10H21O. The molecule has 0 heterocycles. The van der Waals surface area contributed by atoms with E-state index in [2.05, 4.69) is 20.8 Å². The van der Waals surface area contributed by atoms with E-state index in [9.17, 15) is 5.11 Å². The molecule has 0 amide bonds. The van der Waals surface area contributed by atoms with Crippen LogP contribution in [0.4, 0.5) is 0 Å². The van der Waals surface area contributed by atoms with Crippen molar-refractivity contribution in [3.63, 3.8) is 0 Å². The normalized spacial score (nSPS) is 13.9. The van der Waals surface area contributed by atoms with E-state index < -0.39 is 0 Å². The Morgan fingerprint density at radius 1 is 1.18 bits per heavy atom. The third-order valence-electron chi connectivity index (χ3n) is 2.16. The first kappa shape index (κ1) is 11.0. The Balaban J connectivity index is 3.66. The molecule has 0 aliphatic carbocycles. The molecular weight excluding hydrogens is 136 g/mol. The van der Waals surface area contributed by atoms with Gasteiger partial charge >= 0.3 is 0 Å². The Morgan fingerprint density at radius 2 is 1.64 bits per heavy atom. The second-order valence-corrected chi connectivity index (χ2v) is 3.19. The van der Waals surface area contributed by atoms with Crippen LogP contribution < -0.4 is 0 Å². The summed E-state index contributed by atoms with van der Waals surface area (Å²) in [7, 11) is 0. The van der Waals surface area contributed by atoms with Crippen LogP contribution in [0.3, 0.4) is 0 Å². The van der Waals surface area contributed by atoms with Crippen molar-refractivity contribution in [2.75, 3.05) is 0 Å². The molecule has 0 spiro atoms. The van der Waals surface area contributed by atoms with Crippen LogP contribution in [0.15, 0.2) is 0 Å². The van der Waals surface area contributed by atoms with Gasteiger partial charge in [-0.1, -0.05) is 33.6 Å². The predicted molar refractivity (Wildman–Crippen MR) is 49.3 cm³/mol. The van der Waals surface area contributed by atoms with Crippen LogP contribution in [0.25, 0.3) is 0 Å². The first-order valence-electron chi connectivity index (χ1n) is 4.73. The Morgan fingerprint density at radius 3 is 1.91 bits per heavy atom. The van der Waals surface area contributed by atoms with Gasteiger partial charge in [0.1, 0.15) is 0 Å². The smallest absolute Gasteiger partial charge is 0.0568 e. The number of hydrogen-bond donors (Lipinski definition) is 1. The number of rotatable bonds is 6. The number of hydrogen-bond acceptors (Lipinski definition) is 1. The van der Waals surface area contributed by atoms with Gasteiger partial charge in [-0.15, -0.1) is 0 Å². The molecule has 1 unspecified atom stereocenters. The fourth-order valence-electron chi connectivity index (χ4n) is 1.51. The van der Waals surface area contributed by atoms with Gasteiger partial charge in [0.15, 0.2) is 0 Å². The van der Waals surface area contributed by atoms with Gasteiger partial charge in [0.25, 0.3) is 0 Å². The average molecular weight is 157 g/mol. The lowest BCUT2D eigenvalue weighted by Crippen LogP contribution is -2.19. The van der Waals surface area contributed by atoms with E-state index in [0.717, 1.165) is 12.8 Å². The third-order valence-corrected chi connectivity index (χ3v) is 2.16. The second-order valence-electron chi connectivity index (χ2n) is 3.19. The van der Waals surface area contributed by atoms with Crippen LogP contribution in [-0.4, -0.2) is 11.2 Å². The van der Waals surface area contributed by atoms with Gasteiger partial charge in [-0.3, -0.25) is 0 Å². The summed E-state index contributed by atoms with van der Waals surface area (Å²) in [5.74, 6) is 0.488. The summed E-state index contributed by atoms with van der Waals surface area (Å²) in [5, 5.41) is 9.52. The van der Waals surface area contributed by atoms with Crippen molar-refractivity contribution in [3.05, 3.63) is 6.92 Å². The van der Waals surface area contributed by atoms with Crippen molar-refractivity contribution >= 4 is 0 Å². The first-order chi connectivity index (χ1) is 5.26. The van der Waals surface area contributed by atoms with Crippen molar-refractivity contribution in [2.45, 2.75) is 52.1 Å². The van der Waals surface area contributed by atoms with Crippen LogP contribution in [0.1, 0.15) is 46.0 Å². The average Bonchev–Trinajstić information content (AvgIpc) is 2.03. The fourth-order valence-corrected chi connectivity index (χ4v) is 1.51. The molecule has 1 atom stereocenters. The molecule has 1 N–H and O–H groups in total. The molecule has 1 radical (unpaired) electrons. The minimum absolute atomic E-state index is 0.171. The summed E-state index contributed by atoms with van der Waals surface area (Å²) in [6.07, 6.45) is 5.11. The predicted octanol–water partition coefficient (Wildman–Crippen LogP) is 2.79. The molecule has 1 heteroatoms. The Hall–Kier alpha value is -0.0400. The van der Waals surface area contributed by atoms with Gasteiger partial charge in [0.2, 0.25) is 0 Å². The molecule has 0 bridgehead atoms. The molecule has 0 aromatic carbocycles. The summed E-state index contributed by atoms with van der Waals surface area (Å²) in [5.41, 5.74) is 0. The standard InChI is InChI=1S/C10H21O/c1-4-7-9(8-5-2)10(11)6-3/h9-11H,3-8H2,1-2H3.